The Kier molecular flexibility index (Phi) is 5.00. The standard InChI is InChI=1S/C12H20N2O4S2/c1-2-3-13-9-12(8-11(13)10-15)20(17,18)14-4-6-19(16)7-5-14/h8-9,15H,2-7,10H2,1H3. The number of rotatable bonds is 5. The molecule has 0 aliphatic carbocycles. The Labute approximate surface area is 121 Å². The molecule has 1 aromatic rings. The molecule has 0 spiro atoms. The summed E-state index contributed by atoms with van der Waals surface area (Å²) in [5.74, 6) is 0.781. The van der Waals surface area contributed by atoms with Crippen LogP contribution in [0.25, 0.3) is 0 Å². The summed E-state index contributed by atoms with van der Waals surface area (Å²) >= 11 is 0. The first-order valence-electron chi connectivity index (χ1n) is 6.64. The third-order valence-electron chi connectivity index (χ3n) is 3.36. The zero-order chi connectivity index (χ0) is 14.8. The van der Waals surface area contributed by atoms with E-state index >= 15 is 0 Å². The molecule has 1 fully saturated rings. The van der Waals surface area contributed by atoms with E-state index in [1.54, 1.807) is 10.8 Å². The topological polar surface area (TPSA) is 79.6 Å². The molecule has 1 aromatic heterocycles. The summed E-state index contributed by atoms with van der Waals surface area (Å²) < 4.78 is 39.5. The molecule has 20 heavy (non-hydrogen) atoms. The van der Waals surface area contributed by atoms with Gasteiger partial charge >= 0.3 is 0 Å². The van der Waals surface area contributed by atoms with Gasteiger partial charge in [0.05, 0.1) is 6.61 Å². The minimum Gasteiger partial charge on any atom is -0.390 e. The van der Waals surface area contributed by atoms with Gasteiger partial charge in [0.2, 0.25) is 10.0 Å². The molecule has 0 bridgehead atoms. The number of aliphatic hydroxyl groups excluding tert-OH is 1. The molecular weight excluding hydrogens is 300 g/mol. The van der Waals surface area contributed by atoms with Crippen LogP contribution in [0.4, 0.5) is 0 Å². The maximum absolute atomic E-state index is 12.5. The average molecular weight is 320 g/mol. The summed E-state index contributed by atoms with van der Waals surface area (Å²) in [5, 5.41) is 9.30. The van der Waals surface area contributed by atoms with E-state index in [-0.39, 0.29) is 11.5 Å². The van der Waals surface area contributed by atoms with Crippen molar-refractivity contribution >= 4 is 20.8 Å². The molecule has 1 saturated heterocycles. The van der Waals surface area contributed by atoms with Crippen molar-refractivity contribution in [3.05, 3.63) is 18.0 Å². The number of aryl methyl sites for hydroxylation is 1. The molecule has 0 unspecified atom stereocenters. The maximum Gasteiger partial charge on any atom is 0.244 e. The Morgan fingerprint density at radius 3 is 2.55 bits per heavy atom. The van der Waals surface area contributed by atoms with E-state index in [4.69, 9.17) is 0 Å². The summed E-state index contributed by atoms with van der Waals surface area (Å²) in [6, 6.07) is 1.52. The van der Waals surface area contributed by atoms with Crippen molar-refractivity contribution in [2.75, 3.05) is 24.6 Å². The summed E-state index contributed by atoms with van der Waals surface area (Å²) in [5.41, 5.74) is 0.603. The molecule has 0 atom stereocenters. The van der Waals surface area contributed by atoms with Crippen LogP contribution in [0, 0.1) is 0 Å². The molecule has 0 aromatic carbocycles. The lowest BCUT2D eigenvalue weighted by atomic mass is 10.4. The van der Waals surface area contributed by atoms with Crippen molar-refractivity contribution in [1.82, 2.24) is 8.87 Å². The smallest absolute Gasteiger partial charge is 0.244 e. The Bertz CT molecular complexity index is 585. The van der Waals surface area contributed by atoms with Gasteiger partial charge < -0.3 is 9.67 Å². The fourth-order valence-corrected chi connectivity index (χ4v) is 5.05. The predicted octanol–water partition coefficient (Wildman–Crippen LogP) is 0.143. The van der Waals surface area contributed by atoms with Crippen molar-refractivity contribution in [2.45, 2.75) is 31.4 Å². The first kappa shape index (κ1) is 15.7. The lowest BCUT2D eigenvalue weighted by molar-refractivity contribution is 0.270. The predicted molar refractivity (Wildman–Crippen MR) is 77.3 cm³/mol. The summed E-state index contributed by atoms with van der Waals surface area (Å²) in [6.07, 6.45) is 2.44. The van der Waals surface area contributed by atoms with Crippen molar-refractivity contribution in [3.8, 4) is 0 Å². The van der Waals surface area contributed by atoms with Crippen LogP contribution in [0.15, 0.2) is 17.2 Å². The minimum absolute atomic E-state index is 0.181. The van der Waals surface area contributed by atoms with Crippen molar-refractivity contribution in [2.24, 2.45) is 0 Å². The second kappa shape index (κ2) is 6.38. The van der Waals surface area contributed by atoms with Gasteiger partial charge in [-0.25, -0.2) is 8.42 Å². The monoisotopic (exact) mass is 320 g/mol. The van der Waals surface area contributed by atoms with Crippen LogP contribution in [-0.2, 0) is 34.0 Å². The van der Waals surface area contributed by atoms with Crippen LogP contribution in [0.3, 0.4) is 0 Å². The number of hydrogen-bond acceptors (Lipinski definition) is 4. The third-order valence-corrected chi connectivity index (χ3v) is 6.50. The number of aromatic nitrogens is 1. The molecular formula is C12H20N2O4S2. The van der Waals surface area contributed by atoms with Gasteiger partial charge in [0.1, 0.15) is 4.90 Å². The van der Waals surface area contributed by atoms with E-state index in [1.807, 2.05) is 6.92 Å². The van der Waals surface area contributed by atoms with Gasteiger partial charge in [0.15, 0.2) is 0 Å². The molecule has 2 rings (SSSR count). The van der Waals surface area contributed by atoms with Gasteiger partial charge in [-0.2, -0.15) is 4.31 Å². The minimum atomic E-state index is -3.55. The number of sulfonamides is 1. The fraction of sp³-hybridized carbons (Fsp3) is 0.667. The molecule has 2 heterocycles. The zero-order valence-corrected chi connectivity index (χ0v) is 13.1. The van der Waals surface area contributed by atoms with E-state index < -0.39 is 20.8 Å². The van der Waals surface area contributed by atoms with Crippen molar-refractivity contribution < 1.29 is 17.7 Å². The summed E-state index contributed by atoms with van der Waals surface area (Å²) in [4.78, 5) is 0.211. The normalized spacial score (nSPS) is 18.5. The fourth-order valence-electron chi connectivity index (χ4n) is 2.26. The number of hydrogen-bond donors (Lipinski definition) is 1. The summed E-state index contributed by atoms with van der Waals surface area (Å²) in [7, 11) is -4.46. The van der Waals surface area contributed by atoms with Gasteiger partial charge in [0, 0.05) is 53.8 Å². The zero-order valence-electron chi connectivity index (χ0n) is 11.5. The molecule has 114 valence electrons. The Balaban J connectivity index is 2.27. The first-order valence-corrected chi connectivity index (χ1v) is 9.57. The SMILES string of the molecule is CCCn1cc(S(=O)(=O)N2CCS(=O)CC2)cc1CO. The van der Waals surface area contributed by atoms with Crippen LogP contribution >= 0.6 is 0 Å². The van der Waals surface area contributed by atoms with E-state index in [2.05, 4.69) is 0 Å². The molecule has 1 N–H and O–H groups in total. The third kappa shape index (κ3) is 3.13. The average Bonchev–Trinajstić information content (AvgIpc) is 2.83. The van der Waals surface area contributed by atoms with Crippen LogP contribution in [0.5, 0.6) is 0 Å². The Morgan fingerprint density at radius 2 is 2.00 bits per heavy atom. The van der Waals surface area contributed by atoms with Gasteiger partial charge in [-0.1, -0.05) is 6.92 Å². The number of aliphatic hydroxyl groups is 1. The lowest BCUT2D eigenvalue weighted by Crippen LogP contribution is -2.41. The molecule has 0 saturated carbocycles. The quantitative estimate of drug-likeness (QED) is 0.837. The molecule has 6 nitrogen and oxygen atoms in total. The second-order valence-corrected chi connectivity index (χ2v) is 8.40. The lowest BCUT2D eigenvalue weighted by Gasteiger charge is -2.24. The van der Waals surface area contributed by atoms with Gasteiger partial charge in [0.25, 0.3) is 0 Å². The molecule has 1 aliphatic heterocycles. The molecule has 0 radical (unpaired) electrons. The largest absolute Gasteiger partial charge is 0.390 e. The van der Waals surface area contributed by atoms with E-state index in [9.17, 15) is 17.7 Å². The van der Waals surface area contributed by atoms with E-state index in [0.29, 0.717) is 36.8 Å². The maximum atomic E-state index is 12.5. The highest BCUT2D eigenvalue weighted by atomic mass is 32.2. The highest BCUT2D eigenvalue weighted by molar-refractivity contribution is 7.89. The van der Waals surface area contributed by atoms with Crippen molar-refractivity contribution in [1.29, 1.82) is 0 Å². The molecule has 1 aliphatic rings. The van der Waals surface area contributed by atoms with Crippen LogP contribution < -0.4 is 0 Å². The van der Waals surface area contributed by atoms with Crippen LogP contribution in [-0.4, -0.2) is 51.2 Å². The highest BCUT2D eigenvalue weighted by Gasteiger charge is 2.29. The van der Waals surface area contributed by atoms with Gasteiger partial charge in [-0.05, 0) is 12.5 Å². The van der Waals surface area contributed by atoms with E-state index in [0.717, 1.165) is 6.42 Å². The van der Waals surface area contributed by atoms with Crippen LogP contribution in [0.1, 0.15) is 19.0 Å². The second-order valence-electron chi connectivity index (χ2n) is 4.77. The van der Waals surface area contributed by atoms with E-state index in [1.165, 1.54) is 10.4 Å². The molecule has 0 amide bonds. The highest BCUT2D eigenvalue weighted by Crippen LogP contribution is 2.21. The molecule has 8 heteroatoms. The van der Waals surface area contributed by atoms with Gasteiger partial charge in [-0.3, -0.25) is 4.21 Å². The Morgan fingerprint density at radius 1 is 1.35 bits per heavy atom. The first-order chi connectivity index (χ1) is 9.48. The van der Waals surface area contributed by atoms with Gasteiger partial charge in [-0.15, -0.1) is 0 Å². The van der Waals surface area contributed by atoms with Crippen LogP contribution in [0.2, 0.25) is 0 Å². The Hall–Kier alpha value is -0.700. The summed E-state index contributed by atoms with van der Waals surface area (Å²) in [6.45, 7) is 3.08. The number of nitrogens with zero attached hydrogens (tertiary/aromatic N) is 2. The van der Waals surface area contributed by atoms with Crippen molar-refractivity contribution in [3.63, 3.8) is 0 Å².